The van der Waals surface area contributed by atoms with Crippen molar-refractivity contribution in [2.75, 3.05) is 30.8 Å². The van der Waals surface area contributed by atoms with Crippen molar-refractivity contribution in [2.24, 2.45) is 0 Å². The van der Waals surface area contributed by atoms with E-state index in [2.05, 4.69) is 16.0 Å². The molecule has 7 nitrogen and oxygen atoms in total. The van der Waals surface area contributed by atoms with Gasteiger partial charge < -0.3 is 20.7 Å². The van der Waals surface area contributed by atoms with Crippen LogP contribution in [0.15, 0.2) is 18.2 Å². The Morgan fingerprint density at radius 1 is 1.18 bits per heavy atom. The van der Waals surface area contributed by atoms with Gasteiger partial charge in [0.1, 0.15) is 5.00 Å². The molecule has 0 fully saturated rings. The van der Waals surface area contributed by atoms with Crippen LogP contribution in [0.5, 0.6) is 0 Å². The number of halogens is 1. The van der Waals surface area contributed by atoms with Gasteiger partial charge in [0.2, 0.25) is 5.91 Å². The second kappa shape index (κ2) is 9.57. The molecule has 0 aliphatic rings. The van der Waals surface area contributed by atoms with Gasteiger partial charge in [0.05, 0.1) is 23.6 Å². The summed E-state index contributed by atoms with van der Waals surface area (Å²) in [5, 5.41) is 9.12. The van der Waals surface area contributed by atoms with Gasteiger partial charge in [-0.3, -0.25) is 9.59 Å². The van der Waals surface area contributed by atoms with Crippen LogP contribution in [-0.4, -0.2) is 38.0 Å². The summed E-state index contributed by atoms with van der Waals surface area (Å²) in [4.78, 5) is 37.1. The van der Waals surface area contributed by atoms with Crippen LogP contribution in [0, 0.1) is 13.8 Å². The van der Waals surface area contributed by atoms with Gasteiger partial charge in [-0.2, -0.15) is 0 Å². The van der Waals surface area contributed by atoms with Crippen molar-refractivity contribution in [1.29, 1.82) is 0 Å². The molecule has 9 heteroatoms. The zero-order valence-electron chi connectivity index (χ0n) is 16.1. The third-order valence-corrected chi connectivity index (χ3v) is 5.64. The van der Waals surface area contributed by atoms with Gasteiger partial charge in [0.25, 0.3) is 5.91 Å². The molecular formula is C19H22ClN3O4S. The topological polar surface area (TPSA) is 96.5 Å². The van der Waals surface area contributed by atoms with Gasteiger partial charge in [0.15, 0.2) is 0 Å². The highest BCUT2D eigenvalue weighted by molar-refractivity contribution is 7.18. The molecular weight excluding hydrogens is 402 g/mol. The van der Waals surface area contributed by atoms with Crippen LogP contribution in [0.2, 0.25) is 5.02 Å². The normalized spacial score (nSPS) is 10.3. The molecule has 0 aliphatic heterocycles. The van der Waals surface area contributed by atoms with E-state index in [1.165, 1.54) is 7.05 Å². The third kappa shape index (κ3) is 4.82. The zero-order chi connectivity index (χ0) is 20.8. The summed E-state index contributed by atoms with van der Waals surface area (Å²) in [7, 11) is 1.50. The second-order valence-electron chi connectivity index (χ2n) is 5.87. The van der Waals surface area contributed by atoms with Crippen LogP contribution in [-0.2, 0) is 9.53 Å². The first-order valence-electron chi connectivity index (χ1n) is 8.61. The van der Waals surface area contributed by atoms with E-state index in [4.69, 9.17) is 16.3 Å². The lowest BCUT2D eigenvalue weighted by Gasteiger charge is -2.11. The van der Waals surface area contributed by atoms with E-state index < -0.39 is 5.97 Å². The van der Waals surface area contributed by atoms with Gasteiger partial charge in [-0.15, -0.1) is 11.3 Å². The van der Waals surface area contributed by atoms with Crippen LogP contribution in [0.1, 0.15) is 38.1 Å². The van der Waals surface area contributed by atoms with Crippen LogP contribution in [0.4, 0.5) is 10.7 Å². The van der Waals surface area contributed by atoms with E-state index in [0.29, 0.717) is 15.5 Å². The first kappa shape index (κ1) is 21.7. The van der Waals surface area contributed by atoms with Crippen LogP contribution in [0.25, 0.3) is 0 Å². The van der Waals surface area contributed by atoms with E-state index >= 15 is 0 Å². The highest BCUT2D eigenvalue weighted by Gasteiger charge is 2.26. The van der Waals surface area contributed by atoms with Gasteiger partial charge >= 0.3 is 5.97 Å². The SMILES string of the molecule is CCOC(=O)c1c(NC(=O)CNc2cccc(Cl)c2C)sc(C(=O)NC)c1C. The Balaban J connectivity index is 2.21. The summed E-state index contributed by atoms with van der Waals surface area (Å²) < 4.78 is 5.07. The van der Waals surface area contributed by atoms with Gasteiger partial charge in [-0.05, 0) is 44.0 Å². The highest BCUT2D eigenvalue weighted by Crippen LogP contribution is 2.33. The maximum Gasteiger partial charge on any atom is 0.341 e. The molecule has 3 N–H and O–H groups in total. The third-order valence-electron chi connectivity index (χ3n) is 4.02. The Hall–Kier alpha value is -2.58. The Bertz CT molecular complexity index is 911. The number of carbonyl (C=O) groups excluding carboxylic acids is 3. The zero-order valence-corrected chi connectivity index (χ0v) is 17.6. The number of thiophene rings is 1. The fourth-order valence-corrected chi connectivity index (χ4v) is 3.86. The van der Waals surface area contributed by atoms with Crippen LogP contribution in [0.3, 0.4) is 0 Å². The van der Waals surface area contributed by atoms with E-state index in [9.17, 15) is 14.4 Å². The molecule has 0 radical (unpaired) electrons. The molecule has 0 saturated carbocycles. The molecule has 0 aliphatic carbocycles. The molecule has 1 aromatic carbocycles. The Kier molecular flexibility index (Phi) is 7.42. The lowest BCUT2D eigenvalue weighted by atomic mass is 10.1. The minimum Gasteiger partial charge on any atom is -0.462 e. The molecule has 28 heavy (non-hydrogen) atoms. The van der Waals surface area contributed by atoms with E-state index in [0.717, 1.165) is 22.6 Å². The monoisotopic (exact) mass is 423 g/mol. The summed E-state index contributed by atoms with van der Waals surface area (Å²) in [5.41, 5.74) is 2.23. The first-order valence-corrected chi connectivity index (χ1v) is 9.81. The standard InChI is InChI=1S/C19H22ClN3O4S/c1-5-27-19(26)15-11(3)16(17(25)21-4)28-18(15)23-14(24)9-22-13-8-6-7-12(20)10(13)2/h6-8,22H,5,9H2,1-4H3,(H,21,25)(H,23,24). The summed E-state index contributed by atoms with van der Waals surface area (Å²) in [6.45, 7) is 5.34. The lowest BCUT2D eigenvalue weighted by molar-refractivity contribution is -0.114. The lowest BCUT2D eigenvalue weighted by Crippen LogP contribution is -2.23. The number of anilines is 2. The quantitative estimate of drug-likeness (QED) is 0.591. The Labute approximate surface area is 172 Å². The largest absolute Gasteiger partial charge is 0.462 e. The number of hydrogen-bond donors (Lipinski definition) is 3. The van der Waals surface area contributed by atoms with Crippen molar-refractivity contribution in [2.45, 2.75) is 20.8 Å². The van der Waals surface area contributed by atoms with E-state index in [1.807, 2.05) is 13.0 Å². The first-order chi connectivity index (χ1) is 13.3. The van der Waals surface area contributed by atoms with Crippen molar-refractivity contribution in [3.8, 4) is 0 Å². The number of rotatable bonds is 7. The Morgan fingerprint density at radius 3 is 2.54 bits per heavy atom. The van der Waals surface area contributed by atoms with Crippen molar-refractivity contribution < 1.29 is 19.1 Å². The minimum atomic E-state index is -0.583. The number of hydrogen-bond acceptors (Lipinski definition) is 6. The van der Waals surface area contributed by atoms with Crippen molar-refractivity contribution in [3.63, 3.8) is 0 Å². The molecule has 0 bridgehead atoms. The maximum absolute atomic E-state index is 12.4. The fraction of sp³-hybridized carbons (Fsp3) is 0.316. The maximum atomic E-state index is 12.4. The molecule has 2 amide bonds. The minimum absolute atomic E-state index is 0.0320. The number of carbonyl (C=O) groups is 3. The fourth-order valence-electron chi connectivity index (χ4n) is 2.53. The molecule has 150 valence electrons. The average molecular weight is 424 g/mol. The molecule has 1 heterocycles. The molecule has 1 aromatic heterocycles. The summed E-state index contributed by atoms with van der Waals surface area (Å²) in [6, 6.07) is 5.37. The number of esters is 1. The second-order valence-corrected chi connectivity index (χ2v) is 7.30. The van der Waals surface area contributed by atoms with Gasteiger partial charge in [0, 0.05) is 17.8 Å². The summed E-state index contributed by atoms with van der Waals surface area (Å²) in [6.07, 6.45) is 0. The van der Waals surface area contributed by atoms with E-state index in [-0.39, 0.29) is 35.5 Å². The molecule has 2 aromatic rings. The number of nitrogens with one attached hydrogen (secondary N) is 3. The highest BCUT2D eigenvalue weighted by atomic mass is 35.5. The van der Waals surface area contributed by atoms with Gasteiger partial charge in [-0.1, -0.05) is 17.7 Å². The Morgan fingerprint density at radius 2 is 1.89 bits per heavy atom. The predicted molar refractivity (Wildman–Crippen MR) is 112 cm³/mol. The van der Waals surface area contributed by atoms with Crippen molar-refractivity contribution in [1.82, 2.24) is 5.32 Å². The number of benzene rings is 1. The average Bonchev–Trinajstić information content (AvgIpc) is 2.98. The van der Waals surface area contributed by atoms with E-state index in [1.54, 1.807) is 26.0 Å². The van der Waals surface area contributed by atoms with Gasteiger partial charge in [-0.25, -0.2) is 4.79 Å². The summed E-state index contributed by atoms with van der Waals surface area (Å²) >= 11 is 7.11. The molecule has 2 rings (SSSR count). The summed E-state index contributed by atoms with van der Waals surface area (Å²) in [5.74, 6) is -1.28. The molecule has 0 spiro atoms. The molecule has 0 saturated heterocycles. The molecule has 0 atom stereocenters. The van der Waals surface area contributed by atoms with Crippen molar-refractivity contribution >= 4 is 51.4 Å². The smallest absolute Gasteiger partial charge is 0.341 e. The van der Waals surface area contributed by atoms with Crippen LogP contribution >= 0.6 is 22.9 Å². The molecule has 0 unspecified atom stereocenters. The van der Waals surface area contributed by atoms with Crippen molar-refractivity contribution in [3.05, 3.63) is 44.8 Å². The number of ether oxygens (including phenoxy) is 1. The predicted octanol–water partition coefficient (Wildman–Crippen LogP) is 3.61. The van der Waals surface area contributed by atoms with Crippen LogP contribution < -0.4 is 16.0 Å². The number of amides is 2.